The van der Waals surface area contributed by atoms with E-state index >= 15 is 8.78 Å². The van der Waals surface area contributed by atoms with Crippen molar-refractivity contribution in [1.29, 1.82) is 0 Å². The third-order valence-electron chi connectivity index (χ3n) is 14.5. The third-order valence-corrected chi connectivity index (χ3v) is 14.5. The Morgan fingerprint density at radius 1 is 0.527 bits per heavy atom. The minimum atomic E-state index is -0.977. The maximum absolute atomic E-state index is 16.6. The lowest BCUT2D eigenvalue weighted by Crippen LogP contribution is -2.31. The molecule has 0 fully saturated rings. The number of hydrogen-bond acceptors (Lipinski definition) is 2. The standard InChI is InChI=1S/C66H66F3N4O/c1-39(2)41-26-42(40(3)4)28-43(27-41)53-31-46(66(11,12)13)32-54(62-55(68)34-47(67)35-56(62)69)63(53)72-38-71(58-20-16-17-21-59(58)72)48-29-45(65(8,9)10)30-50(36-48)74-49-22-23-52-51-18-14-15-19-57(51)73(60(52)37-49)61-33-44(24-25-70-61)64(5,6)7/h14-40H,1-13H3/q+1. The summed E-state index contributed by atoms with van der Waals surface area (Å²) in [5.74, 6) is -0.359. The van der Waals surface area contributed by atoms with E-state index in [9.17, 15) is 4.39 Å². The van der Waals surface area contributed by atoms with Gasteiger partial charge in [-0.15, -0.1) is 0 Å². The summed E-state index contributed by atoms with van der Waals surface area (Å²) >= 11 is 0. The van der Waals surface area contributed by atoms with Crippen LogP contribution in [0.5, 0.6) is 11.5 Å². The van der Waals surface area contributed by atoms with Crippen molar-refractivity contribution in [3.8, 4) is 50.9 Å². The van der Waals surface area contributed by atoms with Gasteiger partial charge in [-0.3, -0.25) is 4.57 Å². The van der Waals surface area contributed by atoms with Crippen LogP contribution in [0.2, 0.25) is 0 Å². The Balaban J connectivity index is 1.21. The Kier molecular flexibility index (Phi) is 12.5. The molecule has 0 bridgehead atoms. The molecule has 0 spiro atoms. The number of hydrogen-bond donors (Lipinski definition) is 0. The van der Waals surface area contributed by atoms with Crippen molar-refractivity contribution in [3.63, 3.8) is 0 Å². The van der Waals surface area contributed by atoms with Crippen LogP contribution in [-0.2, 0) is 16.2 Å². The minimum absolute atomic E-state index is 0.0678. The van der Waals surface area contributed by atoms with Crippen LogP contribution < -0.4 is 9.30 Å². The molecule has 3 aromatic heterocycles. The van der Waals surface area contributed by atoms with Gasteiger partial charge in [-0.05, 0) is 128 Å². The number of rotatable bonds is 9. The molecule has 0 saturated heterocycles. The molecule has 10 aromatic rings. The fourth-order valence-electron chi connectivity index (χ4n) is 10.1. The number of fused-ring (bicyclic) bond motifs is 4. The maximum atomic E-state index is 16.6. The van der Waals surface area contributed by atoms with Crippen molar-refractivity contribution < 1.29 is 22.5 Å². The van der Waals surface area contributed by atoms with E-state index in [1.54, 1.807) is 0 Å². The smallest absolute Gasteiger partial charge is 0.255 e. The van der Waals surface area contributed by atoms with E-state index in [0.29, 0.717) is 22.7 Å². The van der Waals surface area contributed by atoms with Gasteiger partial charge in [-0.1, -0.05) is 139 Å². The second-order valence-corrected chi connectivity index (χ2v) is 23.7. The number of halogens is 3. The van der Waals surface area contributed by atoms with Crippen LogP contribution in [-0.4, -0.2) is 14.1 Å². The molecule has 0 aliphatic rings. The number of ether oxygens (including phenoxy) is 1. The van der Waals surface area contributed by atoms with Crippen LogP contribution in [0.15, 0.2) is 152 Å². The van der Waals surface area contributed by atoms with Gasteiger partial charge in [0.25, 0.3) is 6.33 Å². The Hall–Kier alpha value is -7.45. The third kappa shape index (κ3) is 9.29. The van der Waals surface area contributed by atoms with Crippen LogP contribution >= 0.6 is 0 Å². The SMILES string of the molecule is CC(C)c1cc(-c2cc(C(C)(C)C)cc(-c3c(F)cc(F)cc3F)c2-[n+]2cn(-c3cc(Oc4ccc5c6ccccc6n(-c6cc(C(C)(C)C)ccn6)c5c4)cc(C(C)(C)C)c3)c3ccccc32)cc(C(C)C)c1. The van der Waals surface area contributed by atoms with Gasteiger partial charge in [0, 0.05) is 52.4 Å². The van der Waals surface area contributed by atoms with Gasteiger partial charge < -0.3 is 4.74 Å². The van der Waals surface area contributed by atoms with E-state index in [2.05, 4.69) is 190 Å². The first-order valence-electron chi connectivity index (χ1n) is 25.8. The molecule has 7 aromatic carbocycles. The predicted octanol–water partition coefficient (Wildman–Crippen LogP) is 18.1. The summed E-state index contributed by atoms with van der Waals surface area (Å²) in [7, 11) is 0. The lowest BCUT2D eigenvalue weighted by Gasteiger charge is -2.24. The molecule has 5 nitrogen and oxygen atoms in total. The van der Waals surface area contributed by atoms with Gasteiger partial charge in [0.15, 0.2) is 11.0 Å². The van der Waals surface area contributed by atoms with Gasteiger partial charge in [-0.2, -0.15) is 9.13 Å². The number of aromatic nitrogens is 4. The van der Waals surface area contributed by atoms with Crippen molar-refractivity contribution in [2.75, 3.05) is 0 Å². The maximum Gasteiger partial charge on any atom is 0.255 e. The van der Waals surface area contributed by atoms with Gasteiger partial charge in [0.05, 0.1) is 16.6 Å². The van der Waals surface area contributed by atoms with E-state index in [1.807, 2.05) is 53.5 Å². The Morgan fingerprint density at radius 2 is 1.12 bits per heavy atom. The highest BCUT2D eigenvalue weighted by Gasteiger charge is 2.32. The van der Waals surface area contributed by atoms with Crippen molar-refractivity contribution in [3.05, 3.63) is 197 Å². The first-order chi connectivity index (χ1) is 34.9. The van der Waals surface area contributed by atoms with E-state index in [-0.39, 0.29) is 28.2 Å². The Labute approximate surface area is 433 Å². The second kappa shape index (κ2) is 18.5. The van der Waals surface area contributed by atoms with Gasteiger partial charge >= 0.3 is 0 Å². The number of pyridine rings is 1. The average Bonchev–Trinajstić information content (AvgIpc) is 3.88. The molecule has 0 aliphatic heterocycles. The first-order valence-corrected chi connectivity index (χ1v) is 25.8. The molecule has 0 unspecified atom stereocenters. The summed E-state index contributed by atoms with van der Waals surface area (Å²) in [6.07, 6.45) is 3.90. The summed E-state index contributed by atoms with van der Waals surface area (Å²) < 4.78 is 61.3. The monoisotopic (exact) mass is 988 g/mol. The highest BCUT2D eigenvalue weighted by Crippen LogP contribution is 2.43. The molecule has 0 amide bonds. The van der Waals surface area contributed by atoms with E-state index < -0.39 is 22.9 Å². The first kappa shape index (κ1) is 50.1. The van der Waals surface area contributed by atoms with Crippen molar-refractivity contribution in [2.24, 2.45) is 0 Å². The van der Waals surface area contributed by atoms with E-state index in [4.69, 9.17) is 9.72 Å². The molecule has 3 heterocycles. The quantitative estimate of drug-likeness (QED) is 0.135. The second-order valence-electron chi connectivity index (χ2n) is 23.7. The van der Waals surface area contributed by atoms with E-state index in [1.165, 1.54) is 5.56 Å². The number of imidazole rings is 1. The molecule has 0 saturated carbocycles. The average molecular weight is 988 g/mol. The summed E-state index contributed by atoms with van der Waals surface area (Å²) in [4.78, 5) is 4.90. The number of benzene rings is 7. The lowest BCUT2D eigenvalue weighted by molar-refractivity contribution is -0.566. The summed E-state index contributed by atoms with van der Waals surface area (Å²) in [5.41, 5.74) is 11.5. The molecular weight excluding hydrogens is 922 g/mol. The number of para-hydroxylation sites is 3. The molecule has 0 aliphatic carbocycles. The molecular formula is C66H66F3N4O+. The molecule has 0 radical (unpaired) electrons. The highest BCUT2D eigenvalue weighted by molar-refractivity contribution is 6.09. The molecule has 376 valence electrons. The largest absolute Gasteiger partial charge is 0.457 e. The predicted molar refractivity (Wildman–Crippen MR) is 298 cm³/mol. The Bertz CT molecular complexity index is 3770. The zero-order chi connectivity index (χ0) is 52.8. The number of nitrogens with zero attached hydrogens (tertiary/aromatic N) is 4. The summed E-state index contributed by atoms with van der Waals surface area (Å²) in [6, 6.07) is 45.6. The lowest BCUT2D eigenvalue weighted by atomic mass is 9.81. The Morgan fingerprint density at radius 3 is 1.77 bits per heavy atom. The zero-order valence-corrected chi connectivity index (χ0v) is 44.9. The zero-order valence-electron chi connectivity index (χ0n) is 44.9. The van der Waals surface area contributed by atoms with Crippen LogP contribution in [0.4, 0.5) is 13.2 Å². The summed E-state index contributed by atoms with van der Waals surface area (Å²) in [6.45, 7) is 28.2. The van der Waals surface area contributed by atoms with E-state index in [0.717, 1.165) is 89.9 Å². The van der Waals surface area contributed by atoms with Gasteiger partial charge in [0.2, 0.25) is 0 Å². The summed E-state index contributed by atoms with van der Waals surface area (Å²) in [5, 5.41) is 2.22. The van der Waals surface area contributed by atoms with Gasteiger partial charge in [-0.25, -0.2) is 18.2 Å². The molecule has 74 heavy (non-hydrogen) atoms. The van der Waals surface area contributed by atoms with Crippen molar-refractivity contribution >= 4 is 32.8 Å². The molecule has 0 N–H and O–H groups in total. The normalized spacial score (nSPS) is 12.6. The van der Waals surface area contributed by atoms with Crippen LogP contribution in [0.3, 0.4) is 0 Å². The van der Waals surface area contributed by atoms with Crippen LogP contribution in [0.1, 0.15) is 130 Å². The van der Waals surface area contributed by atoms with Crippen molar-refractivity contribution in [1.82, 2.24) is 14.1 Å². The fourth-order valence-corrected chi connectivity index (χ4v) is 10.1. The van der Waals surface area contributed by atoms with Crippen molar-refractivity contribution in [2.45, 2.75) is 118 Å². The van der Waals surface area contributed by atoms with Crippen LogP contribution in [0.25, 0.3) is 72.3 Å². The fraction of sp³-hybridized carbons (Fsp3) is 0.273. The highest BCUT2D eigenvalue weighted by atomic mass is 19.1. The van der Waals surface area contributed by atoms with Gasteiger partial charge in [0.1, 0.15) is 46.1 Å². The minimum Gasteiger partial charge on any atom is -0.457 e. The molecule has 10 rings (SSSR count). The molecule has 0 atom stereocenters. The topological polar surface area (TPSA) is 35.9 Å². The van der Waals surface area contributed by atoms with Crippen LogP contribution in [0, 0.1) is 17.5 Å². The molecule has 8 heteroatoms.